The first kappa shape index (κ1) is 7.65. The summed E-state index contributed by atoms with van der Waals surface area (Å²) >= 11 is 1.56. The molecule has 37 valence electrons. The van der Waals surface area contributed by atoms with Gasteiger partial charge in [-0.15, -0.1) is 12.4 Å². The third-order valence-corrected chi connectivity index (χ3v) is 1.68. The van der Waals surface area contributed by atoms with E-state index in [4.69, 9.17) is 0 Å². The van der Waals surface area contributed by atoms with Gasteiger partial charge in [0.1, 0.15) is 0 Å². The Bertz CT molecular complexity index is 105. The van der Waals surface area contributed by atoms with E-state index in [-0.39, 0.29) is 12.4 Å². The van der Waals surface area contributed by atoms with Gasteiger partial charge in [-0.3, -0.25) is 0 Å². The van der Waals surface area contributed by atoms with Crippen LogP contribution >= 0.6 is 12.4 Å². The van der Waals surface area contributed by atoms with Crippen LogP contribution in [0.1, 0.15) is 6.42 Å². The van der Waals surface area contributed by atoms with Crippen molar-refractivity contribution in [2.24, 2.45) is 0 Å². The van der Waals surface area contributed by atoms with E-state index in [0.29, 0.717) is 0 Å². The summed E-state index contributed by atoms with van der Waals surface area (Å²) in [4.78, 5) is 0. The average molecular weight is 193 g/mol. The molecular formula is C5H6ClZr. The van der Waals surface area contributed by atoms with Gasteiger partial charge < -0.3 is 0 Å². The van der Waals surface area contributed by atoms with Gasteiger partial charge >= 0.3 is 52.6 Å². The molecule has 0 N–H and O–H groups in total. The van der Waals surface area contributed by atoms with E-state index in [1.807, 2.05) is 0 Å². The van der Waals surface area contributed by atoms with Crippen LogP contribution in [0.3, 0.4) is 0 Å². The van der Waals surface area contributed by atoms with E-state index < -0.39 is 0 Å². The molecule has 0 radical (unpaired) electrons. The first-order valence-corrected chi connectivity index (χ1v) is 3.20. The van der Waals surface area contributed by atoms with Gasteiger partial charge in [0.05, 0.1) is 0 Å². The van der Waals surface area contributed by atoms with Crippen LogP contribution < -0.4 is 0 Å². The van der Waals surface area contributed by atoms with Gasteiger partial charge in [-0.1, -0.05) is 0 Å². The predicted octanol–water partition coefficient (Wildman–Crippen LogP) is 1.80. The quantitative estimate of drug-likeness (QED) is 0.549. The normalized spacial score (nSPS) is 15.6. The first-order chi connectivity index (χ1) is 2.89. The number of allylic oxidation sites excluding steroid dienone is 4. The Morgan fingerprint density at radius 1 is 1.57 bits per heavy atom. The van der Waals surface area contributed by atoms with E-state index in [0.717, 1.165) is 0 Å². The van der Waals surface area contributed by atoms with Gasteiger partial charge in [-0.25, -0.2) is 0 Å². The fourth-order valence-electron chi connectivity index (χ4n) is 0.447. The van der Waals surface area contributed by atoms with Gasteiger partial charge in [-0.05, 0) is 0 Å². The summed E-state index contributed by atoms with van der Waals surface area (Å²) in [6.07, 6.45) is 7.69. The summed E-state index contributed by atoms with van der Waals surface area (Å²) < 4.78 is 1.56. The molecule has 0 aliphatic heterocycles. The molecule has 0 atom stereocenters. The first-order valence-electron chi connectivity index (χ1n) is 1.97. The van der Waals surface area contributed by atoms with Crippen LogP contribution in [-0.4, -0.2) is 0 Å². The van der Waals surface area contributed by atoms with Gasteiger partial charge in [0.15, 0.2) is 0 Å². The van der Waals surface area contributed by atoms with Crippen LogP contribution in [0.2, 0.25) is 0 Å². The van der Waals surface area contributed by atoms with Crippen LogP contribution in [0.25, 0.3) is 0 Å². The molecule has 0 saturated carbocycles. The Hall–Kier alpha value is 0.653. The van der Waals surface area contributed by atoms with Crippen molar-refractivity contribution in [3.63, 3.8) is 0 Å². The molecule has 0 bridgehead atoms. The monoisotopic (exact) mass is 191 g/mol. The Morgan fingerprint density at radius 3 is 2.43 bits per heavy atom. The molecule has 1 aliphatic carbocycles. The number of halogens is 1. The zero-order chi connectivity index (χ0) is 4.41. The van der Waals surface area contributed by atoms with Crippen molar-refractivity contribution in [1.82, 2.24) is 0 Å². The molecular weight excluding hydrogens is 187 g/mol. The van der Waals surface area contributed by atoms with Crippen LogP contribution in [0.15, 0.2) is 21.5 Å². The summed E-state index contributed by atoms with van der Waals surface area (Å²) in [7, 11) is 0. The molecule has 1 aliphatic rings. The third kappa shape index (κ3) is 2.46. The standard InChI is InChI=1S/C5H5.ClH.Zr/c1-2-4-5-3-1;;/h1-3H,4H2;1H;. The summed E-state index contributed by atoms with van der Waals surface area (Å²) in [5, 5.41) is 0. The number of rotatable bonds is 0. The summed E-state index contributed by atoms with van der Waals surface area (Å²) in [5.74, 6) is 0. The Kier molecular flexibility index (Phi) is 3.97. The van der Waals surface area contributed by atoms with Crippen molar-refractivity contribution in [3.05, 3.63) is 21.5 Å². The Balaban J connectivity index is 0.000000360. The molecule has 0 aromatic rings. The third-order valence-electron chi connectivity index (χ3n) is 0.771. The molecule has 0 saturated heterocycles. The second-order valence-corrected chi connectivity index (χ2v) is 2.90. The minimum absolute atomic E-state index is 0. The van der Waals surface area contributed by atoms with Crippen LogP contribution in [-0.2, 0) is 24.7 Å². The van der Waals surface area contributed by atoms with E-state index in [1.165, 1.54) is 6.42 Å². The summed E-state index contributed by atoms with van der Waals surface area (Å²) in [5.41, 5.74) is 0. The van der Waals surface area contributed by atoms with E-state index in [1.54, 1.807) is 28.0 Å². The van der Waals surface area contributed by atoms with Crippen molar-refractivity contribution >= 4 is 12.4 Å². The number of hydrogen-bond acceptors (Lipinski definition) is 0. The van der Waals surface area contributed by atoms with Crippen molar-refractivity contribution in [2.75, 3.05) is 0 Å². The van der Waals surface area contributed by atoms with Crippen molar-refractivity contribution in [3.8, 4) is 0 Å². The van der Waals surface area contributed by atoms with Gasteiger partial charge in [0.25, 0.3) is 0 Å². The van der Waals surface area contributed by atoms with Gasteiger partial charge in [-0.2, -0.15) is 0 Å². The summed E-state index contributed by atoms with van der Waals surface area (Å²) in [6, 6.07) is 0. The van der Waals surface area contributed by atoms with Crippen LogP contribution in [0, 0.1) is 0 Å². The van der Waals surface area contributed by atoms with Crippen molar-refractivity contribution < 1.29 is 24.7 Å². The predicted molar refractivity (Wildman–Crippen MR) is 29.1 cm³/mol. The van der Waals surface area contributed by atoms with Crippen LogP contribution in [0.4, 0.5) is 0 Å². The van der Waals surface area contributed by atoms with Gasteiger partial charge in [0, 0.05) is 0 Å². The van der Waals surface area contributed by atoms with Crippen molar-refractivity contribution in [2.45, 2.75) is 6.42 Å². The second kappa shape index (κ2) is 3.63. The minimum atomic E-state index is 0. The van der Waals surface area contributed by atoms with Crippen LogP contribution in [0.5, 0.6) is 0 Å². The molecule has 0 fully saturated rings. The zero-order valence-corrected chi connectivity index (χ0v) is 7.12. The molecule has 2 heteroatoms. The van der Waals surface area contributed by atoms with E-state index in [9.17, 15) is 0 Å². The fraction of sp³-hybridized carbons (Fsp3) is 0.200. The average Bonchev–Trinajstić information content (AvgIpc) is 1.86. The number of hydrogen-bond donors (Lipinski definition) is 0. The Morgan fingerprint density at radius 2 is 2.29 bits per heavy atom. The van der Waals surface area contributed by atoms with E-state index >= 15 is 0 Å². The zero-order valence-electron chi connectivity index (χ0n) is 3.85. The fourth-order valence-corrected chi connectivity index (χ4v) is 0.973. The molecule has 1 rings (SSSR count). The molecule has 0 heterocycles. The van der Waals surface area contributed by atoms with Gasteiger partial charge in [0.2, 0.25) is 0 Å². The maximum absolute atomic E-state index is 2.18. The topological polar surface area (TPSA) is 0 Å². The van der Waals surface area contributed by atoms with E-state index in [2.05, 4.69) is 18.2 Å². The second-order valence-electron chi connectivity index (χ2n) is 1.32. The molecule has 0 spiro atoms. The summed E-state index contributed by atoms with van der Waals surface area (Å²) in [6.45, 7) is 0. The molecule has 0 nitrogen and oxygen atoms in total. The maximum atomic E-state index is 2.18. The van der Waals surface area contributed by atoms with Crippen molar-refractivity contribution in [1.29, 1.82) is 0 Å². The molecule has 0 unspecified atom stereocenters. The molecule has 7 heavy (non-hydrogen) atoms. The molecule has 0 aromatic heterocycles. The molecule has 0 amide bonds. The molecule has 0 aromatic carbocycles. The SMILES string of the molecule is Cl.[Zr][C]1=CC=CC1. The Labute approximate surface area is 64.9 Å².